The van der Waals surface area contributed by atoms with Crippen LogP contribution in [0, 0.1) is 11.3 Å². The number of halogens is 3. The van der Waals surface area contributed by atoms with Crippen LogP contribution in [0.2, 0.25) is 0 Å². The fourth-order valence-corrected chi connectivity index (χ4v) is 1.81. The molecule has 1 N–H and O–H groups in total. The van der Waals surface area contributed by atoms with Crippen LogP contribution in [0.1, 0.15) is 15.9 Å². The summed E-state index contributed by atoms with van der Waals surface area (Å²) in [6.45, 7) is 0. The summed E-state index contributed by atoms with van der Waals surface area (Å²) < 4.78 is 41.2. The SMILES string of the molecule is COC(=O)c1cc(C#N)cc(O)c1SC(F)(F)F. The number of phenols is 1. The molecule has 4 nitrogen and oxygen atoms in total. The Bertz CT molecular complexity index is 522. The quantitative estimate of drug-likeness (QED) is 0.664. The first kappa shape index (κ1) is 14.2. The van der Waals surface area contributed by atoms with Crippen LogP contribution in [0.5, 0.6) is 5.75 Å². The molecule has 18 heavy (non-hydrogen) atoms. The highest BCUT2D eigenvalue weighted by atomic mass is 32.2. The van der Waals surface area contributed by atoms with E-state index in [1.165, 1.54) is 0 Å². The predicted molar refractivity (Wildman–Crippen MR) is 56.1 cm³/mol. The molecule has 96 valence electrons. The van der Waals surface area contributed by atoms with Crippen LogP contribution in [0.15, 0.2) is 17.0 Å². The van der Waals surface area contributed by atoms with Crippen molar-refractivity contribution in [2.75, 3.05) is 7.11 Å². The minimum absolute atomic E-state index is 0.139. The lowest BCUT2D eigenvalue weighted by molar-refractivity contribution is -0.0329. The molecule has 0 saturated carbocycles. The first-order chi connectivity index (χ1) is 8.28. The third-order valence-electron chi connectivity index (χ3n) is 1.82. The van der Waals surface area contributed by atoms with Crippen LogP contribution in [-0.4, -0.2) is 23.7 Å². The van der Waals surface area contributed by atoms with Crippen LogP contribution < -0.4 is 0 Å². The second-order valence-corrected chi connectivity index (χ2v) is 4.10. The molecule has 1 aromatic carbocycles. The summed E-state index contributed by atoms with van der Waals surface area (Å²) in [5.41, 5.74) is -5.31. The van der Waals surface area contributed by atoms with Crippen LogP contribution in [0.4, 0.5) is 13.2 Å². The number of carbonyl (C=O) groups excluding carboxylic acids is 1. The van der Waals surface area contributed by atoms with Crippen LogP contribution >= 0.6 is 11.8 Å². The number of phenolic OH excluding ortho intramolecular Hbond substituents is 1. The zero-order chi connectivity index (χ0) is 13.9. The lowest BCUT2D eigenvalue weighted by Gasteiger charge is -2.11. The van der Waals surface area contributed by atoms with Gasteiger partial charge in [0, 0.05) is 0 Å². The van der Waals surface area contributed by atoms with Crippen molar-refractivity contribution in [2.24, 2.45) is 0 Å². The number of thioether (sulfide) groups is 1. The van der Waals surface area contributed by atoms with Crippen LogP contribution in [-0.2, 0) is 4.74 Å². The molecule has 0 radical (unpaired) electrons. The van der Waals surface area contributed by atoms with Crippen LogP contribution in [0.25, 0.3) is 0 Å². The van der Waals surface area contributed by atoms with E-state index in [0.29, 0.717) is 0 Å². The molecule has 0 heterocycles. The zero-order valence-electron chi connectivity index (χ0n) is 8.91. The summed E-state index contributed by atoms with van der Waals surface area (Å²) >= 11 is -0.643. The van der Waals surface area contributed by atoms with Crippen molar-refractivity contribution < 1.29 is 27.8 Å². The minimum Gasteiger partial charge on any atom is -0.507 e. The van der Waals surface area contributed by atoms with Gasteiger partial charge in [-0.3, -0.25) is 0 Å². The van der Waals surface area contributed by atoms with Gasteiger partial charge in [0.2, 0.25) is 0 Å². The van der Waals surface area contributed by atoms with Crippen LogP contribution in [0.3, 0.4) is 0 Å². The van der Waals surface area contributed by atoms with Gasteiger partial charge in [-0.15, -0.1) is 0 Å². The standard InChI is InChI=1S/C10H6F3NO3S/c1-17-9(16)6-2-5(4-14)3-7(15)8(6)18-10(11,12)13/h2-3,15H,1H3. The Morgan fingerprint density at radius 2 is 2.11 bits per heavy atom. The topological polar surface area (TPSA) is 70.3 Å². The van der Waals surface area contributed by atoms with Gasteiger partial charge in [0.05, 0.1) is 29.2 Å². The predicted octanol–water partition coefficient (Wildman–Crippen LogP) is 2.66. The van der Waals surface area contributed by atoms with Gasteiger partial charge in [-0.25, -0.2) is 4.79 Å². The largest absolute Gasteiger partial charge is 0.507 e. The molecule has 8 heteroatoms. The minimum atomic E-state index is -4.67. The van der Waals surface area contributed by atoms with E-state index in [0.717, 1.165) is 19.2 Å². The van der Waals surface area contributed by atoms with Crippen molar-refractivity contribution in [3.05, 3.63) is 23.3 Å². The number of rotatable bonds is 2. The summed E-state index contributed by atoms with van der Waals surface area (Å²) in [5.74, 6) is -1.86. The molecule has 0 unspecified atom stereocenters. The van der Waals surface area contributed by atoms with E-state index < -0.39 is 39.4 Å². The Morgan fingerprint density at radius 1 is 1.50 bits per heavy atom. The number of ether oxygens (including phenoxy) is 1. The number of nitrogens with zero attached hydrogens (tertiary/aromatic N) is 1. The first-order valence-corrected chi connectivity index (χ1v) is 5.21. The van der Waals surface area contributed by atoms with E-state index in [9.17, 15) is 23.1 Å². The number of alkyl halides is 3. The first-order valence-electron chi connectivity index (χ1n) is 4.39. The number of methoxy groups -OCH3 is 1. The number of hydrogen-bond donors (Lipinski definition) is 1. The maximum absolute atomic E-state index is 12.3. The van der Waals surface area contributed by atoms with E-state index >= 15 is 0 Å². The molecule has 0 amide bonds. The Labute approximate surface area is 104 Å². The smallest absolute Gasteiger partial charge is 0.446 e. The molecule has 0 atom stereocenters. The highest BCUT2D eigenvalue weighted by molar-refractivity contribution is 8.00. The van der Waals surface area contributed by atoms with Gasteiger partial charge in [-0.05, 0) is 23.9 Å². The third kappa shape index (κ3) is 3.30. The number of nitriles is 1. The lowest BCUT2D eigenvalue weighted by atomic mass is 10.1. The van der Waals surface area contributed by atoms with E-state index in [2.05, 4.69) is 4.74 Å². The van der Waals surface area contributed by atoms with Gasteiger partial charge in [0.25, 0.3) is 0 Å². The Morgan fingerprint density at radius 3 is 2.56 bits per heavy atom. The van der Waals surface area contributed by atoms with Crippen molar-refractivity contribution in [3.8, 4) is 11.8 Å². The van der Waals surface area contributed by atoms with Gasteiger partial charge in [-0.1, -0.05) is 0 Å². The molecule has 0 aliphatic carbocycles. The molecule has 0 aromatic heterocycles. The van der Waals surface area contributed by atoms with Crippen molar-refractivity contribution in [1.82, 2.24) is 0 Å². The summed E-state index contributed by atoms with van der Waals surface area (Å²) in [6, 6.07) is 3.40. The average molecular weight is 277 g/mol. The molecule has 0 bridgehead atoms. The number of carbonyl (C=O) groups is 1. The summed E-state index contributed by atoms with van der Waals surface area (Å²) in [7, 11) is 0.987. The molecule has 1 rings (SSSR count). The van der Waals surface area contributed by atoms with Crippen molar-refractivity contribution in [1.29, 1.82) is 5.26 Å². The monoisotopic (exact) mass is 277 g/mol. The maximum atomic E-state index is 12.3. The Hall–Kier alpha value is -1.88. The van der Waals surface area contributed by atoms with Gasteiger partial charge < -0.3 is 9.84 Å². The second-order valence-electron chi connectivity index (χ2n) is 3.02. The lowest BCUT2D eigenvalue weighted by Crippen LogP contribution is -2.07. The molecule has 0 fully saturated rings. The van der Waals surface area contributed by atoms with Gasteiger partial charge >= 0.3 is 11.5 Å². The summed E-state index contributed by atoms with van der Waals surface area (Å²) in [6.07, 6.45) is 0. The van der Waals surface area contributed by atoms with Crippen molar-refractivity contribution in [3.63, 3.8) is 0 Å². The van der Waals surface area contributed by atoms with E-state index in [1.54, 1.807) is 6.07 Å². The van der Waals surface area contributed by atoms with Gasteiger partial charge in [0.15, 0.2) is 0 Å². The van der Waals surface area contributed by atoms with Gasteiger partial charge in [-0.2, -0.15) is 18.4 Å². The Balaban J connectivity index is 3.39. The zero-order valence-corrected chi connectivity index (χ0v) is 9.72. The molecule has 1 aromatic rings. The highest BCUT2D eigenvalue weighted by Crippen LogP contribution is 2.43. The van der Waals surface area contributed by atoms with Crippen molar-refractivity contribution >= 4 is 17.7 Å². The fourth-order valence-electron chi connectivity index (χ4n) is 1.16. The van der Waals surface area contributed by atoms with E-state index in [1.807, 2.05) is 0 Å². The summed E-state index contributed by atoms with van der Waals surface area (Å²) in [4.78, 5) is 10.6. The molecule has 0 spiro atoms. The number of aromatic hydroxyl groups is 1. The highest BCUT2D eigenvalue weighted by Gasteiger charge is 2.33. The number of hydrogen-bond acceptors (Lipinski definition) is 5. The second kappa shape index (κ2) is 5.18. The summed E-state index contributed by atoms with van der Waals surface area (Å²) in [5, 5.41) is 18.1. The third-order valence-corrected chi connectivity index (χ3v) is 2.69. The fraction of sp³-hybridized carbons (Fsp3) is 0.200. The molecule has 0 aliphatic rings. The normalized spacial score (nSPS) is 10.8. The molecule has 0 aliphatic heterocycles. The van der Waals surface area contributed by atoms with Gasteiger partial charge in [0.1, 0.15) is 5.75 Å². The van der Waals surface area contributed by atoms with E-state index in [-0.39, 0.29) is 5.56 Å². The number of benzene rings is 1. The number of esters is 1. The van der Waals surface area contributed by atoms with Crippen molar-refractivity contribution in [2.45, 2.75) is 10.4 Å². The average Bonchev–Trinajstić information content (AvgIpc) is 2.28. The van der Waals surface area contributed by atoms with E-state index in [4.69, 9.17) is 5.26 Å². The Kier molecular flexibility index (Phi) is 4.08. The molecule has 0 saturated heterocycles. The molecular formula is C10H6F3NO3S. The maximum Gasteiger partial charge on any atom is 0.446 e. The molecular weight excluding hydrogens is 271 g/mol.